The first-order valence-corrected chi connectivity index (χ1v) is 6.05. The Morgan fingerprint density at radius 2 is 2.20 bits per heavy atom. The molecule has 2 unspecified atom stereocenters. The fraction of sp³-hybridized carbons (Fsp3) is 0.917. The molecule has 0 aromatic rings. The van der Waals surface area contributed by atoms with Gasteiger partial charge in [0, 0.05) is 5.92 Å². The molecule has 1 fully saturated rings. The molecule has 0 saturated carbocycles. The third-order valence-electron chi connectivity index (χ3n) is 3.46. The van der Waals surface area contributed by atoms with E-state index in [1.807, 2.05) is 6.92 Å². The van der Waals surface area contributed by atoms with Crippen molar-refractivity contribution in [3.05, 3.63) is 5.21 Å². The van der Waals surface area contributed by atoms with Gasteiger partial charge in [-0.2, -0.15) is 0 Å². The summed E-state index contributed by atoms with van der Waals surface area (Å²) in [6, 6.07) is 0.301. The van der Waals surface area contributed by atoms with Gasteiger partial charge in [-0.15, -0.1) is 0 Å². The number of ketones is 1. The summed E-state index contributed by atoms with van der Waals surface area (Å²) in [7, 11) is 0. The van der Waals surface area contributed by atoms with E-state index >= 15 is 0 Å². The number of unbranched alkanes of at least 4 members (excludes halogenated alkanes) is 2. The summed E-state index contributed by atoms with van der Waals surface area (Å²) in [6.45, 7) is 4.38. The summed E-state index contributed by atoms with van der Waals surface area (Å²) in [5.74, 6) is 0.504. The first-order chi connectivity index (χ1) is 7.11. The molecule has 2 atom stereocenters. The Morgan fingerprint density at radius 3 is 2.67 bits per heavy atom. The fourth-order valence-corrected chi connectivity index (χ4v) is 1.92. The van der Waals surface area contributed by atoms with Gasteiger partial charge in [-0.25, -0.2) is 0 Å². The highest BCUT2D eigenvalue weighted by molar-refractivity contribution is 5.77. The zero-order valence-corrected chi connectivity index (χ0v) is 9.87. The van der Waals surface area contributed by atoms with Gasteiger partial charge in [0.15, 0.2) is 0 Å². The van der Waals surface area contributed by atoms with Gasteiger partial charge >= 0.3 is 0 Å². The Morgan fingerprint density at radius 1 is 1.47 bits per heavy atom. The molecule has 1 aliphatic heterocycles. The van der Waals surface area contributed by atoms with E-state index < -0.39 is 0 Å². The van der Waals surface area contributed by atoms with Crippen LogP contribution in [0, 0.1) is 11.1 Å². The van der Waals surface area contributed by atoms with Gasteiger partial charge in [-0.1, -0.05) is 26.2 Å². The number of nitrogens with zero attached hydrogens (tertiary/aromatic N) is 1. The fourth-order valence-electron chi connectivity index (χ4n) is 1.92. The Balaban J connectivity index is 1.91. The average molecular weight is 212 g/mol. The largest absolute Gasteiger partial charge is 0.785 e. The Hall–Kier alpha value is -0.410. The van der Waals surface area contributed by atoms with Crippen molar-refractivity contribution in [2.24, 2.45) is 5.92 Å². The van der Waals surface area contributed by atoms with Crippen LogP contribution < -0.4 is 0 Å². The molecular weight excluding hydrogens is 190 g/mol. The van der Waals surface area contributed by atoms with Crippen LogP contribution in [0.15, 0.2) is 0 Å². The molecule has 0 aliphatic carbocycles. The van der Waals surface area contributed by atoms with Gasteiger partial charge < -0.3 is 10.3 Å². The predicted molar refractivity (Wildman–Crippen MR) is 61.4 cm³/mol. The summed E-state index contributed by atoms with van der Waals surface area (Å²) in [6.07, 6.45) is 6.52. The quantitative estimate of drug-likeness (QED) is 0.609. The molecule has 1 heterocycles. The number of hydroxylamine groups is 2. The summed E-state index contributed by atoms with van der Waals surface area (Å²) in [5.41, 5.74) is 0. The molecule has 3 nitrogen and oxygen atoms in total. The first-order valence-electron chi connectivity index (χ1n) is 6.05. The third-order valence-corrected chi connectivity index (χ3v) is 3.46. The molecule has 0 radical (unpaired) electrons. The minimum atomic E-state index is 0.213. The molecule has 0 bridgehead atoms. The van der Waals surface area contributed by atoms with Gasteiger partial charge in [-0.3, -0.25) is 4.79 Å². The van der Waals surface area contributed by atoms with Crippen LogP contribution >= 0.6 is 0 Å². The SMILES string of the molecule is CC(=O)C(C)CCCCCC1CCN1[O-]. The van der Waals surface area contributed by atoms with E-state index in [4.69, 9.17) is 0 Å². The van der Waals surface area contributed by atoms with E-state index in [1.54, 1.807) is 6.92 Å². The van der Waals surface area contributed by atoms with Crippen molar-refractivity contribution in [3.63, 3.8) is 0 Å². The van der Waals surface area contributed by atoms with Crippen molar-refractivity contribution in [2.75, 3.05) is 6.54 Å². The van der Waals surface area contributed by atoms with Gasteiger partial charge in [0.1, 0.15) is 5.78 Å². The van der Waals surface area contributed by atoms with Crippen LogP contribution in [0.25, 0.3) is 0 Å². The Bertz CT molecular complexity index is 206. The first kappa shape index (κ1) is 12.7. The van der Waals surface area contributed by atoms with Crippen LogP contribution in [0.4, 0.5) is 0 Å². The second-order valence-corrected chi connectivity index (χ2v) is 4.73. The van der Waals surface area contributed by atoms with E-state index in [-0.39, 0.29) is 5.92 Å². The number of carbonyl (C=O) groups is 1. The number of carbonyl (C=O) groups excluding carboxylic acids is 1. The Labute approximate surface area is 92.4 Å². The molecule has 0 aromatic carbocycles. The highest BCUT2D eigenvalue weighted by Crippen LogP contribution is 2.21. The molecular formula is C12H22NO2-. The zero-order chi connectivity index (χ0) is 11.3. The van der Waals surface area contributed by atoms with Crippen LogP contribution in [0.1, 0.15) is 52.4 Å². The number of hydrogen-bond acceptors (Lipinski definition) is 3. The highest BCUT2D eigenvalue weighted by atomic mass is 16.5. The normalized spacial score (nSPS) is 23.5. The maximum absolute atomic E-state index is 11.0. The van der Waals surface area contributed by atoms with Gasteiger partial charge in [0.25, 0.3) is 0 Å². The summed E-state index contributed by atoms with van der Waals surface area (Å²) < 4.78 is 0. The van der Waals surface area contributed by atoms with Crippen molar-refractivity contribution in [1.29, 1.82) is 0 Å². The summed E-state index contributed by atoms with van der Waals surface area (Å²) in [5, 5.41) is 12.2. The molecule has 88 valence electrons. The minimum absolute atomic E-state index is 0.213. The maximum Gasteiger partial charge on any atom is 0.132 e. The Kier molecular flexibility index (Phi) is 5.26. The standard InChI is InChI=1S/C12H22NO2/c1-10(11(2)14)6-4-3-5-7-12-8-9-13(12)15/h10,12H,3-9H2,1-2H3/q-1. The van der Waals surface area contributed by atoms with Crippen molar-refractivity contribution < 1.29 is 4.79 Å². The zero-order valence-electron chi connectivity index (χ0n) is 9.87. The summed E-state index contributed by atoms with van der Waals surface area (Å²) in [4.78, 5) is 11.0. The molecule has 15 heavy (non-hydrogen) atoms. The van der Waals surface area contributed by atoms with E-state index in [2.05, 4.69) is 0 Å². The lowest BCUT2D eigenvalue weighted by Crippen LogP contribution is -2.42. The van der Waals surface area contributed by atoms with E-state index in [1.165, 1.54) is 5.06 Å². The lowest BCUT2D eigenvalue weighted by molar-refractivity contribution is -0.120. The topological polar surface area (TPSA) is 43.4 Å². The number of hydrogen-bond donors (Lipinski definition) is 0. The van der Waals surface area contributed by atoms with Crippen LogP contribution in [-0.4, -0.2) is 23.4 Å². The summed E-state index contributed by atoms with van der Waals surface area (Å²) >= 11 is 0. The van der Waals surface area contributed by atoms with Gasteiger partial charge in [-0.05, 0) is 38.8 Å². The third kappa shape index (κ3) is 4.31. The van der Waals surface area contributed by atoms with Crippen molar-refractivity contribution in [2.45, 2.75) is 58.4 Å². The highest BCUT2D eigenvalue weighted by Gasteiger charge is 2.18. The predicted octanol–water partition coefficient (Wildman–Crippen LogP) is 2.73. The van der Waals surface area contributed by atoms with E-state index in [0.29, 0.717) is 11.8 Å². The van der Waals surface area contributed by atoms with E-state index in [9.17, 15) is 10.0 Å². The van der Waals surface area contributed by atoms with Crippen molar-refractivity contribution in [3.8, 4) is 0 Å². The van der Waals surface area contributed by atoms with Crippen LogP contribution in [0.3, 0.4) is 0 Å². The van der Waals surface area contributed by atoms with Crippen LogP contribution in [0.2, 0.25) is 0 Å². The van der Waals surface area contributed by atoms with Crippen molar-refractivity contribution >= 4 is 5.78 Å². The monoisotopic (exact) mass is 212 g/mol. The molecule has 1 aliphatic rings. The minimum Gasteiger partial charge on any atom is -0.785 e. The second kappa shape index (κ2) is 6.23. The lowest BCUT2D eigenvalue weighted by Gasteiger charge is -2.46. The maximum atomic E-state index is 11.0. The second-order valence-electron chi connectivity index (χ2n) is 4.73. The molecule has 0 N–H and O–H groups in total. The van der Waals surface area contributed by atoms with Gasteiger partial charge in [0.2, 0.25) is 0 Å². The van der Waals surface area contributed by atoms with Crippen LogP contribution in [-0.2, 0) is 4.79 Å². The molecule has 3 heteroatoms. The molecule has 0 amide bonds. The smallest absolute Gasteiger partial charge is 0.132 e. The van der Waals surface area contributed by atoms with E-state index in [0.717, 1.165) is 45.1 Å². The number of Topliss-reactive ketones (excluding diaryl/α,β-unsaturated/α-hetero) is 1. The number of rotatable bonds is 7. The molecule has 1 saturated heterocycles. The molecule has 0 spiro atoms. The molecule has 0 aromatic heterocycles. The molecule has 1 rings (SSSR count). The average Bonchev–Trinajstić information content (AvgIpc) is 2.20. The van der Waals surface area contributed by atoms with Crippen LogP contribution in [0.5, 0.6) is 0 Å². The lowest BCUT2D eigenvalue weighted by atomic mass is 9.96. The van der Waals surface area contributed by atoms with Gasteiger partial charge in [0.05, 0.1) is 0 Å². The van der Waals surface area contributed by atoms with Crippen molar-refractivity contribution in [1.82, 2.24) is 5.06 Å².